The second-order valence-corrected chi connectivity index (χ2v) is 6.19. The molecule has 0 amide bonds. The molecule has 1 heterocycles. The monoisotopic (exact) mass is 329 g/mol. The summed E-state index contributed by atoms with van der Waals surface area (Å²) in [6.45, 7) is 2.40. The molecule has 5 nitrogen and oxygen atoms in total. The van der Waals surface area contributed by atoms with Gasteiger partial charge in [-0.05, 0) is 31.2 Å². The molecule has 0 saturated heterocycles. The molecule has 0 fully saturated rings. The van der Waals surface area contributed by atoms with Gasteiger partial charge in [0.1, 0.15) is 10.7 Å². The highest BCUT2D eigenvalue weighted by Gasteiger charge is 2.19. The summed E-state index contributed by atoms with van der Waals surface area (Å²) < 4.78 is 40.4. The lowest BCUT2D eigenvalue weighted by Gasteiger charge is -2.12. The minimum absolute atomic E-state index is 0.0118. The van der Waals surface area contributed by atoms with Gasteiger partial charge >= 0.3 is 0 Å². The lowest BCUT2D eigenvalue weighted by Crippen LogP contribution is -2.16. The molecule has 0 unspecified atom stereocenters. The molecule has 0 atom stereocenters. The van der Waals surface area contributed by atoms with E-state index in [1.54, 1.807) is 6.07 Å². The fourth-order valence-corrected chi connectivity index (χ4v) is 2.99. The van der Waals surface area contributed by atoms with Crippen LogP contribution >= 0.6 is 11.6 Å². The summed E-state index contributed by atoms with van der Waals surface area (Å²) in [4.78, 5) is 3.80. The number of pyridine rings is 1. The standard InChI is InChI=1S/C13H13ClFN3O2S/c1-2-17-12-5-6-16-8-13(12)21(19,20)18-9-3-4-10(14)11(15)7-9/h3-8,18H,2H2,1H3,(H,16,17). The van der Waals surface area contributed by atoms with E-state index in [4.69, 9.17) is 11.6 Å². The number of hydrogen-bond donors (Lipinski definition) is 2. The first kappa shape index (κ1) is 15.5. The lowest BCUT2D eigenvalue weighted by atomic mass is 10.3. The number of hydrogen-bond acceptors (Lipinski definition) is 4. The summed E-state index contributed by atoms with van der Waals surface area (Å²) in [5.41, 5.74) is 0.512. The van der Waals surface area contributed by atoms with E-state index >= 15 is 0 Å². The van der Waals surface area contributed by atoms with Crippen molar-refractivity contribution in [2.24, 2.45) is 0 Å². The SMILES string of the molecule is CCNc1ccncc1S(=O)(=O)Nc1ccc(Cl)c(F)c1. The molecule has 21 heavy (non-hydrogen) atoms. The third-order valence-electron chi connectivity index (χ3n) is 2.61. The summed E-state index contributed by atoms with van der Waals surface area (Å²) >= 11 is 5.56. The van der Waals surface area contributed by atoms with Gasteiger partial charge in [-0.2, -0.15) is 0 Å². The maximum absolute atomic E-state index is 13.4. The Labute approximate surface area is 127 Å². The number of nitrogens with one attached hydrogen (secondary N) is 2. The average molecular weight is 330 g/mol. The number of benzene rings is 1. The van der Waals surface area contributed by atoms with Crippen molar-refractivity contribution in [3.63, 3.8) is 0 Å². The molecule has 1 aromatic heterocycles. The highest BCUT2D eigenvalue weighted by molar-refractivity contribution is 7.92. The van der Waals surface area contributed by atoms with Crippen LogP contribution in [0.4, 0.5) is 15.8 Å². The first-order chi connectivity index (χ1) is 9.94. The topological polar surface area (TPSA) is 71.1 Å². The Kier molecular flexibility index (Phi) is 4.64. The highest BCUT2D eigenvalue weighted by Crippen LogP contribution is 2.24. The van der Waals surface area contributed by atoms with Gasteiger partial charge in [0, 0.05) is 18.9 Å². The predicted molar refractivity (Wildman–Crippen MR) is 80.6 cm³/mol. The zero-order valence-electron chi connectivity index (χ0n) is 11.1. The van der Waals surface area contributed by atoms with Crippen molar-refractivity contribution in [2.45, 2.75) is 11.8 Å². The summed E-state index contributed by atoms with van der Waals surface area (Å²) in [6, 6.07) is 5.24. The number of nitrogens with zero attached hydrogens (tertiary/aromatic N) is 1. The summed E-state index contributed by atoms with van der Waals surface area (Å²) in [5.74, 6) is -0.699. The van der Waals surface area contributed by atoms with Crippen LogP contribution in [0.25, 0.3) is 0 Å². The number of halogens is 2. The van der Waals surface area contributed by atoms with E-state index in [2.05, 4.69) is 15.0 Å². The largest absolute Gasteiger partial charge is 0.384 e. The minimum Gasteiger partial charge on any atom is -0.384 e. The van der Waals surface area contributed by atoms with Gasteiger partial charge in [-0.3, -0.25) is 9.71 Å². The summed E-state index contributed by atoms with van der Waals surface area (Å²) in [7, 11) is -3.88. The third kappa shape index (κ3) is 3.62. The summed E-state index contributed by atoms with van der Waals surface area (Å²) in [6.07, 6.45) is 2.71. The molecule has 0 bridgehead atoms. The van der Waals surface area contributed by atoms with Crippen molar-refractivity contribution in [1.29, 1.82) is 0 Å². The van der Waals surface area contributed by atoms with E-state index in [-0.39, 0.29) is 15.6 Å². The van der Waals surface area contributed by atoms with Gasteiger partial charge in [0.2, 0.25) is 0 Å². The molecule has 2 aromatic rings. The fraction of sp³-hybridized carbons (Fsp3) is 0.154. The van der Waals surface area contributed by atoms with E-state index in [0.717, 1.165) is 6.07 Å². The molecule has 2 N–H and O–H groups in total. The molecule has 8 heteroatoms. The van der Waals surface area contributed by atoms with E-state index in [1.807, 2.05) is 6.92 Å². The van der Waals surface area contributed by atoms with Gasteiger partial charge in [-0.25, -0.2) is 12.8 Å². The zero-order valence-corrected chi connectivity index (χ0v) is 12.7. The van der Waals surface area contributed by atoms with E-state index < -0.39 is 15.8 Å². The van der Waals surface area contributed by atoms with Gasteiger partial charge in [-0.15, -0.1) is 0 Å². The Morgan fingerprint density at radius 3 is 2.76 bits per heavy atom. The van der Waals surface area contributed by atoms with Gasteiger partial charge < -0.3 is 5.32 Å². The van der Waals surface area contributed by atoms with Crippen LogP contribution in [-0.4, -0.2) is 19.9 Å². The van der Waals surface area contributed by atoms with Crippen LogP contribution < -0.4 is 10.0 Å². The Balaban J connectivity index is 2.36. The smallest absolute Gasteiger partial charge is 0.265 e. The number of rotatable bonds is 5. The van der Waals surface area contributed by atoms with E-state index in [9.17, 15) is 12.8 Å². The minimum atomic E-state index is -3.88. The van der Waals surface area contributed by atoms with Gasteiger partial charge in [0.05, 0.1) is 16.4 Å². The first-order valence-electron chi connectivity index (χ1n) is 6.10. The van der Waals surface area contributed by atoms with Crippen LogP contribution in [0.5, 0.6) is 0 Å². The molecule has 0 aliphatic rings. The maximum Gasteiger partial charge on any atom is 0.265 e. The third-order valence-corrected chi connectivity index (χ3v) is 4.33. The van der Waals surface area contributed by atoms with Crippen LogP contribution in [0.1, 0.15) is 6.92 Å². The maximum atomic E-state index is 13.4. The summed E-state index contributed by atoms with van der Waals surface area (Å²) in [5, 5.41) is 2.86. The average Bonchev–Trinajstić information content (AvgIpc) is 2.43. The second-order valence-electron chi connectivity index (χ2n) is 4.14. The molecule has 0 saturated carbocycles. The first-order valence-corrected chi connectivity index (χ1v) is 7.96. The van der Waals surface area contributed by atoms with Crippen molar-refractivity contribution < 1.29 is 12.8 Å². The van der Waals surface area contributed by atoms with Crippen LogP contribution in [-0.2, 0) is 10.0 Å². The highest BCUT2D eigenvalue weighted by atomic mass is 35.5. The number of anilines is 2. The Morgan fingerprint density at radius 2 is 2.10 bits per heavy atom. The second kappa shape index (κ2) is 6.28. The molecular formula is C13H13ClFN3O2S. The molecule has 0 spiro atoms. The van der Waals surface area contributed by atoms with E-state index in [1.165, 1.54) is 24.5 Å². The number of aromatic nitrogens is 1. The molecule has 112 valence electrons. The van der Waals surface area contributed by atoms with Crippen LogP contribution in [0.15, 0.2) is 41.6 Å². The van der Waals surface area contributed by atoms with Crippen LogP contribution in [0, 0.1) is 5.82 Å². The molecule has 1 aromatic carbocycles. The van der Waals surface area contributed by atoms with Crippen molar-refractivity contribution in [3.8, 4) is 0 Å². The molecule has 0 radical (unpaired) electrons. The van der Waals surface area contributed by atoms with Gasteiger partial charge in [0.15, 0.2) is 0 Å². The quantitative estimate of drug-likeness (QED) is 0.884. The van der Waals surface area contributed by atoms with Crippen molar-refractivity contribution in [3.05, 3.63) is 47.5 Å². The Hall–Kier alpha value is -1.86. The molecule has 0 aliphatic carbocycles. The zero-order chi connectivity index (χ0) is 15.5. The number of sulfonamides is 1. The molecule has 0 aliphatic heterocycles. The van der Waals surface area contributed by atoms with Crippen molar-refractivity contribution in [2.75, 3.05) is 16.6 Å². The van der Waals surface area contributed by atoms with E-state index in [0.29, 0.717) is 12.2 Å². The van der Waals surface area contributed by atoms with Crippen LogP contribution in [0.3, 0.4) is 0 Å². The molecule has 2 rings (SSSR count). The fourth-order valence-electron chi connectivity index (χ4n) is 1.70. The van der Waals surface area contributed by atoms with Crippen molar-refractivity contribution >= 4 is 33.0 Å². The molecular weight excluding hydrogens is 317 g/mol. The predicted octanol–water partition coefficient (Wildman–Crippen LogP) is 3.11. The van der Waals surface area contributed by atoms with Crippen molar-refractivity contribution in [1.82, 2.24) is 4.98 Å². The van der Waals surface area contributed by atoms with Gasteiger partial charge in [0.25, 0.3) is 10.0 Å². The Bertz CT molecular complexity index is 753. The van der Waals surface area contributed by atoms with Crippen LogP contribution in [0.2, 0.25) is 5.02 Å². The van der Waals surface area contributed by atoms with Gasteiger partial charge in [-0.1, -0.05) is 11.6 Å². The normalized spacial score (nSPS) is 11.2. The Morgan fingerprint density at radius 1 is 1.33 bits per heavy atom. The lowest BCUT2D eigenvalue weighted by molar-refractivity contribution is 0.601.